The first-order valence-electron chi connectivity index (χ1n) is 8.77. The Morgan fingerprint density at radius 1 is 1.27 bits per heavy atom. The lowest BCUT2D eigenvalue weighted by atomic mass is 9.95. The highest BCUT2D eigenvalue weighted by atomic mass is 32.1. The zero-order valence-corrected chi connectivity index (χ0v) is 15.4. The van der Waals surface area contributed by atoms with E-state index in [1.807, 2.05) is 6.20 Å². The molecule has 1 N–H and O–H groups in total. The smallest absolute Gasteiger partial charge is 0.227 e. The quantitative estimate of drug-likeness (QED) is 0.734. The van der Waals surface area contributed by atoms with Crippen LogP contribution in [0.25, 0.3) is 10.1 Å². The first-order valence-corrected chi connectivity index (χ1v) is 9.58. The van der Waals surface area contributed by atoms with Crippen LogP contribution in [0.4, 0.5) is 15.9 Å². The maximum absolute atomic E-state index is 13.3. The molecule has 1 aliphatic heterocycles. The number of rotatable bonds is 3. The van der Waals surface area contributed by atoms with Crippen molar-refractivity contribution in [3.63, 3.8) is 0 Å². The summed E-state index contributed by atoms with van der Waals surface area (Å²) in [7, 11) is 0. The minimum absolute atomic E-state index is 0.0344. The highest BCUT2D eigenvalue weighted by molar-refractivity contribution is 7.19. The maximum atomic E-state index is 13.3. The van der Waals surface area contributed by atoms with Gasteiger partial charge in [-0.3, -0.25) is 4.79 Å². The van der Waals surface area contributed by atoms with E-state index in [9.17, 15) is 9.18 Å². The molecule has 4 rings (SSSR count). The van der Waals surface area contributed by atoms with Gasteiger partial charge in [0.15, 0.2) is 0 Å². The minimum Gasteiger partial charge on any atom is -0.356 e. The van der Waals surface area contributed by atoms with Crippen LogP contribution in [0.3, 0.4) is 0 Å². The molecule has 1 saturated heterocycles. The fraction of sp³-hybridized carbons (Fsp3) is 0.300. The summed E-state index contributed by atoms with van der Waals surface area (Å²) < 4.78 is 14.5. The van der Waals surface area contributed by atoms with Gasteiger partial charge >= 0.3 is 0 Å². The van der Waals surface area contributed by atoms with Gasteiger partial charge < -0.3 is 10.2 Å². The minimum atomic E-state index is -0.345. The summed E-state index contributed by atoms with van der Waals surface area (Å²) in [5, 5.41) is 4.02. The van der Waals surface area contributed by atoms with Crippen LogP contribution in [-0.2, 0) is 4.79 Å². The third-order valence-corrected chi connectivity index (χ3v) is 5.82. The van der Waals surface area contributed by atoms with Crippen LogP contribution in [0.1, 0.15) is 17.7 Å². The molecule has 6 heteroatoms. The van der Waals surface area contributed by atoms with Crippen molar-refractivity contribution in [3.8, 4) is 0 Å². The lowest BCUT2D eigenvalue weighted by Gasteiger charge is -2.32. The molecule has 2 aromatic heterocycles. The van der Waals surface area contributed by atoms with E-state index in [2.05, 4.69) is 34.3 Å². The van der Waals surface area contributed by atoms with Gasteiger partial charge in [0.1, 0.15) is 11.6 Å². The molecule has 1 aliphatic rings. The van der Waals surface area contributed by atoms with Crippen LogP contribution < -0.4 is 10.2 Å². The molecule has 0 bridgehead atoms. The second kappa shape index (κ2) is 7.03. The molecule has 0 atom stereocenters. The summed E-state index contributed by atoms with van der Waals surface area (Å²) in [6.45, 7) is 3.70. The molecule has 4 nitrogen and oxygen atoms in total. The molecule has 1 fully saturated rings. The molecule has 0 unspecified atom stereocenters. The predicted octanol–water partition coefficient (Wildman–Crippen LogP) is 4.60. The van der Waals surface area contributed by atoms with Crippen LogP contribution in [0.2, 0.25) is 0 Å². The Morgan fingerprint density at radius 3 is 2.85 bits per heavy atom. The Balaban J connectivity index is 1.43. The summed E-state index contributed by atoms with van der Waals surface area (Å²) in [6, 6.07) is 10.3. The van der Waals surface area contributed by atoms with Gasteiger partial charge in [-0.05, 0) is 50.1 Å². The second-order valence-corrected chi connectivity index (χ2v) is 7.95. The Morgan fingerprint density at radius 2 is 2.08 bits per heavy atom. The number of halogens is 1. The average molecular weight is 369 g/mol. The highest BCUT2D eigenvalue weighted by Crippen LogP contribution is 2.33. The molecular weight excluding hydrogens is 349 g/mol. The number of fused-ring (bicyclic) bond motifs is 1. The van der Waals surface area contributed by atoms with Crippen LogP contribution in [-0.4, -0.2) is 24.0 Å². The van der Waals surface area contributed by atoms with Gasteiger partial charge in [0.2, 0.25) is 5.91 Å². The number of anilines is 2. The van der Waals surface area contributed by atoms with Gasteiger partial charge in [0, 0.05) is 45.9 Å². The lowest BCUT2D eigenvalue weighted by Crippen LogP contribution is -2.38. The van der Waals surface area contributed by atoms with Crippen molar-refractivity contribution >= 4 is 38.8 Å². The predicted molar refractivity (Wildman–Crippen MR) is 104 cm³/mol. The number of amides is 1. The Bertz CT molecular complexity index is 947. The van der Waals surface area contributed by atoms with E-state index in [0.29, 0.717) is 5.69 Å². The first kappa shape index (κ1) is 17.0. The van der Waals surface area contributed by atoms with Crippen LogP contribution in [0, 0.1) is 18.7 Å². The fourth-order valence-corrected chi connectivity index (χ4v) is 4.40. The van der Waals surface area contributed by atoms with E-state index in [1.165, 1.54) is 27.1 Å². The van der Waals surface area contributed by atoms with Gasteiger partial charge in [-0.25, -0.2) is 9.37 Å². The van der Waals surface area contributed by atoms with E-state index in [4.69, 9.17) is 0 Å². The molecule has 0 radical (unpaired) electrons. The molecule has 1 amide bonds. The number of hydrogen-bond donors (Lipinski definition) is 1. The maximum Gasteiger partial charge on any atom is 0.227 e. The molecular formula is C20H20FN3OS. The number of carbonyl (C=O) groups is 1. The van der Waals surface area contributed by atoms with Crippen molar-refractivity contribution in [3.05, 3.63) is 53.3 Å². The summed E-state index contributed by atoms with van der Waals surface area (Å²) in [5.41, 5.74) is 0.512. The molecule has 3 heterocycles. The number of benzene rings is 1. The average Bonchev–Trinajstić information content (AvgIpc) is 3.02. The molecule has 0 aliphatic carbocycles. The number of pyridine rings is 1. The topological polar surface area (TPSA) is 45.2 Å². The summed E-state index contributed by atoms with van der Waals surface area (Å²) in [4.78, 5) is 20.6. The van der Waals surface area contributed by atoms with E-state index >= 15 is 0 Å². The third kappa shape index (κ3) is 3.42. The Kier molecular flexibility index (Phi) is 4.59. The van der Waals surface area contributed by atoms with Crippen LogP contribution >= 0.6 is 11.3 Å². The fourth-order valence-electron chi connectivity index (χ4n) is 3.49. The molecule has 0 saturated carbocycles. The number of nitrogens with zero attached hydrogens (tertiary/aromatic N) is 2. The van der Waals surface area contributed by atoms with E-state index in [0.717, 1.165) is 31.7 Å². The third-order valence-electron chi connectivity index (χ3n) is 4.81. The monoisotopic (exact) mass is 369 g/mol. The zero-order chi connectivity index (χ0) is 18.1. The van der Waals surface area contributed by atoms with Gasteiger partial charge in [0.25, 0.3) is 0 Å². The van der Waals surface area contributed by atoms with E-state index in [-0.39, 0.29) is 17.6 Å². The number of aromatic nitrogens is 1. The largest absolute Gasteiger partial charge is 0.356 e. The Hall–Kier alpha value is -2.47. The van der Waals surface area contributed by atoms with Crippen molar-refractivity contribution in [2.24, 2.45) is 5.92 Å². The Labute approximate surface area is 155 Å². The number of aryl methyl sites for hydroxylation is 1. The van der Waals surface area contributed by atoms with Crippen LogP contribution in [0.5, 0.6) is 0 Å². The lowest BCUT2D eigenvalue weighted by molar-refractivity contribution is -0.120. The van der Waals surface area contributed by atoms with Gasteiger partial charge in [-0.2, -0.15) is 0 Å². The molecule has 3 aromatic rings. The van der Waals surface area contributed by atoms with Gasteiger partial charge in [-0.15, -0.1) is 11.3 Å². The van der Waals surface area contributed by atoms with Crippen LogP contribution in [0.15, 0.2) is 42.6 Å². The molecule has 134 valence electrons. The molecule has 1 aromatic carbocycles. The van der Waals surface area contributed by atoms with E-state index in [1.54, 1.807) is 23.5 Å². The summed E-state index contributed by atoms with van der Waals surface area (Å²) >= 11 is 1.78. The summed E-state index contributed by atoms with van der Waals surface area (Å²) in [5.74, 6) is 0.574. The summed E-state index contributed by atoms with van der Waals surface area (Å²) in [6.07, 6.45) is 3.39. The van der Waals surface area contributed by atoms with Crippen molar-refractivity contribution in [2.45, 2.75) is 19.8 Å². The zero-order valence-electron chi connectivity index (χ0n) is 14.5. The van der Waals surface area contributed by atoms with Crippen molar-refractivity contribution in [1.29, 1.82) is 0 Å². The number of nitrogens with one attached hydrogen (secondary N) is 1. The molecule has 26 heavy (non-hydrogen) atoms. The van der Waals surface area contributed by atoms with Crippen molar-refractivity contribution < 1.29 is 9.18 Å². The number of hydrogen-bond acceptors (Lipinski definition) is 4. The molecule has 0 spiro atoms. The van der Waals surface area contributed by atoms with E-state index < -0.39 is 0 Å². The normalized spacial score (nSPS) is 15.4. The highest BCUT2D eigenvalue weighted by Gasteiger charge is 2.26. The van der Waals surface area contributed by atoms with Crippen molar-refractivity contribution in [1.82, 2.24) is 4.98 Å². The first-order chi connectivity index (χ1) is 12.6. The van der Waals surface area contributed by atoms with Gasteiger partial charge in [-0.1, -0.05) is 6.07 Å². The van der Waals surface area contributed by atoms with Crippen molar-refractivity contribution in [2.75, 3.05) is 23.3 Å². The SMILES string of the molecule is Cc1cc2c(N3CCC(C(=O)Nc4cccc(F)c4)CC3)nccc2s1. The number of thiophene rings is 1. The number of carbonyl (C=O) groups excluding carboxylic acids is 1. The second-order valence-electron chi connectivity index (χ2n) is 6.66. The standard InChI is InChI=1S/C20H20FN3OS/c1-13-11-17-18(26-13)5-8-22-19(17)24-9-6-14(7-10-24)20(25)23-16-4-2-3-15(21)12-16/h2-5,8,11-12,14H,6-7,9-10H2,1H3,(H,23,25). The number of piperidine rings is 1. The van der Waals surface area contributed by atoms with Gasteiger partial charge in [0.05, 0.1) is 0 Å².